The van der Waals surface area contributed by atoms with Crippen LogP contribution in [0.2, 0.25) is 8.67 Å². The summed E-state index contributed by atoms with van der Waals surface area (Å²) in [6, 6.07) is 7.80. The van der Waals surface area contributed by atoms with Crippen LogP contribution in [0.25, 0.3) is 11.0 Å². The van der Waals surface area contributed by atoms with Crippen molar-refractivity contribution in [3.8, 4) is 0 Å². The topological polar surface area (TPSA) is 26.9 Å². The fraction of sp³-hybridized carbons (Fsp3) is 0.214. The van der Waals surface area contributed by atoms with Gasteiger partial charge in [-0.15, -0.1) is 11.3 Å². The van der Waals surface area contributed by atoms with Crippen LogP contribution >= 0.6 is 50.5 Å². The second-order valence-corrected chi connectivity index (χ2v) is 7.99. The third-order valence-corrected chi connectivity index (χ3v) is 6.08. The van der Waals surface area contributed by atoms with Gasteiger partial charge in [0.1, 0.15) is 0 Å². The molecule has 2 aromatic heterocycles. The van der Waals surface area contributed by atoms with Gasteiger partial charge in [0.2, 0.25) is 0 Å². The van der Waals surface area contributed by atoms with Gasteiger partial charge in [-0.25, -0.2) is 4.79 Å². The highest BCUT2D eigenvalue weighted by Crippen LogP contribution is 2.41. The van der Waals surface area contributed by atoms with Gasteiger partial charge < -0.3 is 0 Å². The molecule has 3 nitrogen and oxygen atoms in total. The third-order valence-electron chi connectivity index (χ3n) is 3.54. The molecule has 0 fully saturated rings. The lowest BCUT2D eigenvalue weighted by molar-refractivity contribution is 0.795. The number of hydrogen-bond donors (Lipinski definition) is 0. The summed E-state index contributed by atoms with van der Waals surface area (Å²) in [6.07, 6.45) is 0. The number of benzene rings is 1. The Balaban J connectivity index is 2.15. The van der Waals surface area contributed by atoms with Crippen LogP contribution in [-0.2, 0) is 14.1 Å². The van der Waals surface area contributed by atoms with Gasteiger partial charge in [-0.2, -0.15) is 0 Å². The molecule has 0 radical (unpaired) electrons. The van der Waals surface area contributed by atoms with Crippen molar-refractivity contribution in [3.05, 3.63) is 54.5 Å². The molecule has 0 aliphatic carbocycles. The molecule has 1 unspecified atom stereocenters. The van der Waals surface area contributed by atoms with E-state index in [1.54, 1.807) is 23.2 Å². The van der Waals surface area contributed by atoms with Crippen molar-refractivity contribution in [2.24, 2.45) is 14.1 Å². The van der Waals surface area contributed by atoms with Crippen LogP contribution in [0.15, 0.2) is 29.1 Å². The Morgan fingerprint density at radius 1 is 1.14 bits per heavy atom. The van der Waals surface area contributed by atoms with Crippen LogP contribution in [0.5, 0.6) is 0 Å². The van der Waals surface area contributed by atoms with E-state index in [1.165, 1.54) is 11.3 Å². The lowest BCUT2D eigenvalue weighted by Crippen LogP contribution is -2.19. The molecule has 0 N–H and O–H groups in total. The predicted octanol–water partition coefficient (Wildman–Crippen LogP) is 4.73. The second kappa shape index (κ2) is 5.47. The van der Waals surface area contributed by atoms with E-state index in [9.17, 15) is 4.79 Å². The zero-order valence-corrected chi connectivity index (χ0v) is 15.1. The van der Waals surface area contributed by atoms with Gasteiger partial charge in [-0.3, -0.25) is 9.13 Å². The maximum atomic E-state index is 12.0. The van der Waals surface area contributed by atoms with E-state index >= 15 is 0 Å². The molecule has 0 aliphatic rings. The summed E-state index contributed by atoms with van der Waals surface area (Å²) in [7, 11) is 3.54. The zero-order valence-electron chi connectivity index (χ0n) is 11.2. The lowest BCUT2D eigenvalue weighted by Gasteiger charge is -2.10. The molecule has 0 spiro atoms. The second-order valence-electron chi connectivity index (χ2n) is 4.79. The van der Waals surface area contributed by atoms with Crippen LogP contribution in [0.3, 0.4) is 0 Å². The Kier molecular flexibility index (Phi) is 3.94. The number of rotatable bonds is 2. The number of aryl methyl sites for hydroxylation is 2. The van der Waals surface area contributed by atoms with Gasteiger partial charge in [0.25, 0.3) is 0 Å². The summed E-state index contributed by atoms with van der Waals surface area (Å²) in [5.74, 6) is 0. The Morgan fingerprint density at radius 2 is 1.81 bits per heavy atom. The Hall–Kier alpha value is -0.750. The fourth-order valence-electron chi connectivity index (χ4n) is 2.39. The Morgan fingerprint density at radius 3 is 2.43 bits per heavy atom. The molecule has 0 aliphatic heterocycles. The molecule has 21 heavy (non-hydrogen) atoms. The zero-order chi connectivity index (χ0) is 15.3. The molecule has 0 bridgehead atoms. The third kappa shape index (κ3) is 2.46. The highest BCUT2D eigenvalue weighted by molar-refractivity contribution is 9.09. The Labute approximate surface area is 143 Å². The van der Waals surface area contributed by atoms with Gasteiger partial charge >= 0.3 is 5.69 Å². The van der Waals surface area contributed by atoms with Crippen molar-refractivity contribution in [3.63, 3.8) is 0 Å². The number of alkyl halides is 1. The predicted molar refractivity (Wildman–Crippen MR) is 93.3 cm³/mol. The van der Waals surface area contributed by atoms with Crippen molar-refractivity contribution >= 4 is 61.5 Å². The van der Waals surface area contributed by atoms with E-state index < -0.39 is 0 Å². The standard InChI is InChI=1S/C14H11BrCl2N2OS/c1-18-9-4-3-7(5-10(9)19(2)14(18)20)12(15)8-6-11(16)21-13(8)17/h3-6,12H,1-2H3. The van der Waals surface area contributed by atoms with Crippen LogP contribution in [0.4, 0.5) is 0 Å². The maximum Gasteiger partial charge on any atom is 0.328 e. The number of aromatic nitrogens is 2. The minimum absolute atomic E-state index is 0.0371. The molecule has 110 valence electrons. The first-order valence-electron chi connectivity index (χ1n) is 6.14. The van der Waals surface area contributed by atoms with Crippen LogP contribution in [0, 0.1) is 0 Å². The average molecular weight is 406 g/mol. The summed E-state index contributed by atoms with van der Waals surface area (Å²) in [5, 5.41) is 0. The summed E-state index contributed by atoms with van der Waals surface area (Å²) in [4.78, 5) is 11.9. The first-order chi connectivity index (χ1) is 9.90. The minimum Gasteiger partial charge on any atom is -0.295 e. The van der Waals surface area contributed by atoms with Crippen molar-refractivity contribution < 1.29 is 0 Å². The van der Waals surface area contributed by atoms with Crippen LogP contribution < -0.4 is 5.69 Å². The molecule has 0 saturated heterocycles. The summed E-state index contributed by atoms with van der Waals surface area (Å²) < 4.78 is 4.61. The number of fused-ring (bicyclic) bond motifs is 1. The SMILES string of the molecule is Cn1c(=O)n(C)c2cc(C(Br)c3cc(Cl)sc3Cl)ccc21. The number of imidazole rings is 1. The summed E-state index contributed by atoms with van der Waals surface area (Å²) in [6.45, 7) is 0. The smallest absolute Gasteiger partial charge is 0.295 e. The van der Waals surface area contributed by atoms with Crippen molar-refractivity contribution in [1.29, 1.82) is 0 Å². The molecule has 2 heterocycles. The van der Waals surface area contributed by atoms with Gasteiger partial charge in [0.05, 0.1) is 24.5 Å². The molecule has 3 rings (SSSR count). The van der Waals surface area contributed by atoms with Gasteiger partial charge in [-0.05, 0) is 23.8 Å². The highest BCUT2D eigenvalue weighted by atomic mass is 79.9. The molecule has 0 saturated carbocycles. The monoisotopic (exact) mass is 404 g/mol. The quantitative estimate of drug-likeness (QED) is 0.566. The normalized spacial score (nSPS) is 13.0. The molecule has 1 atom stereocenters. The number of nitrogens with zero attached hydrogens (tertiary/aromatic N) is 2. The number of thiophene rings is 1. The highest BCUT2D eigenvalue weighted by Gasteiger charge is 2.18. The maximum absolute atomic E-state index is 12.0. The van der Waals surface area contributed by atoms with Gasteiger partial charge in [0.15, 0.2) is 0 Å². The van der Waals surface area contributed by atoms with E-state index in [0.29, 0.717) is 8.67 Å². The van der Waals surface area contributed by atoms with Crippen LogP contribution in [-0.4, -0.2) is 9.13 Å². The van der Waals surface area contributed by atoms with Crippen molar-refractivity contribution in [2.75, 3.05) is 0 Å². The van der Waals surface area contributed by atoms with Crippen molar-refractivity contribution in [1.82, 2.24) is 9.13 Å². The fourth-order valence-corrected chi connectivity index (χ4v) is 4.85. The first kappa shape index (κ1) is 15.2. The average Bonchev–Trinajstić information content (AvgIpc) is 2.91. The van der Waals surface area contributed by atoms with Gasteiger partial charge in [-0.1, -0.05) is 45.2 Å². The number of hydrogen-bond acceptors (Lipinski definition) is 2. The van der Waals surface area contributed by atoms with Gasteiger partial charge in [0, 0.05) is 19.7 Å². The molecular formula is C14H11BrCl2N2OS. The largest absolute Gasteiger partial charge is 0.328 e. The molecule has 0 amide bonds. The lowest BCUT2D eigenvalue weighted by atomic mass is 10.1. The minimum atomic E-state index is -0.0616. The molecule has 3 aromatic rings. The van der Waals surface area contributed by atoms with Crippen molar-refractivity contribution in [2.45, 2.75) is 4.83 Å². The van der Waals surface area contributed by atoms with E-state index in [1.807, 2.05) is 24.3 Å². The van der Waals surface area contributed by atoms with E-state index in [-0.39, 0.29) is 10.5 Å². The number of halogens is 3. The van der Waals surface area contributed by atoms with E-state index in [0.717, 1.165) is 22.2 Å². The summed E-state index contributed by atoms with van der Waals surface area (Å²) >= 11 is 17.2. The molecular weight excluding hydrogens is 395 g/mol. The Bertz CT molecular complexity index is 896. The molecule has 7 heteroatoms. The van der Waals surface area contributed by atoms with E-state index in [2.05, 4.69) is 15.9 Å². The first-order valence-corrected chi connectivity index (χ1v) is 8.63. The molecule has 1 aromatic carbocycles. The van der Waals surface area contributed by atoms with Crippen LogP contribution in [0.1, 0.15) is 16.0 Å². The van der Waals surface area contributed by atoms with E-state index in [4.69, 9.17) is 23.2 Å². The summed E-state index contributed by atoms with van der Waals surface area (Å²) in [5.41, 5.74) is 3.72.